The lowest BCUT2D eigenvalue weighted by Crippen LogP contribution is -1.85. The number of hydrogen-bond donors (Lipinski definition) is 0. The summed E-state index contributed by atoms with van der Waals surface area (Å²) in [5, 5.41) is 0.793. The molecule has 0 spiro atoms. The Morgan fingerprint density at radius 1 is 0.786 bits per heavy atom. The molecule has 0 amide bonds. The molecule has 0 aliphatic carbocycles. The van der Waals surface area contributed by atoms with Gasteiger partial charge in [-0.2, -0.15) is 0 Å². The number of aryl methyl sites for hydroxylation is 1. The van der Waals surface area contributed by atoms with Crippen molar-refractivity contribution in [1.29, 1.82) is 0 Å². The highest BCUT2D eigenvalue weighted by Crippen LogP contribution is 2.16. The third kappa shape index (κ3) is 9.59. The first-order valence-corrected chi connectivity index (χ1v) is 9.75. The van der Waals surface area contributed by atoms with Crippen molar-refractivity contribution in [3.05, 3.63) is 69.7 Å². The molecule has 3 heteroatoms. The van der Waals surface area contributed by atoms with Gasteiger partial charge in [-0.25, -0.2) is 8.78 Å². The molecule has 2 aromatic carbocycles. The van der Waals surface area contributed by atoms with Crippen LogP contribution in [-0.2, 0) is 0 Å². The van der Waals surface area contributed by atoms with Crippen LogP contribution in [0.2, 0.25) is 5.02 Å². The molecule has 0 aliphatic heterocycles. The highest BCUT2D eigenvalue weighted by molar-refractivity contribution is 6.31. The Labute approximate surface area is 173 Å². The van der Waals surface area contributed by atoms with Crippen molar-refractivity contribution in [2.45, 2.75) is 47.5 Å². The maximum absolute atomic E-state index is 12.7. The van der Waals surface area contributed by atoms with Crippen molar-refractivity contribution in [3.8, 4) is 23.7 Å². The molecule has 0 unspecified atom stereocenters. The molecule has 0 saturated carbocycles. The molecule has 0 aromatic heterocycles. The molecule has 2 aromatic rings. The minimum Gasteiger partial charge on any atom is -0.204 e. The fraction of sp³-hybridized carbons (Fsp3) is 0.360. The van der Waals surface area contributed by atoms with Gasteiger partial charge in [0.25, 0.3) is 0 Å². The standard InChI is InChI=1S/C13H15Cl.C12H12F2/c1-10(2)5-4-6-12-8-7-11(3)13(14)9-12;1-9(2)4-3-5-10-6-7-11(13)12(14)8-10/h7-10H,5H2,1-3H3;6-9H,4H2,1-2H3. The highest BCUT2D eigenvalue weighted by atomic mass is 35.5. The van der Waals surface area contributed by atoms with E-state index in [2.05, 4.69) is 51.4 Å². The summed E-state index contributed by atoms with van der Waals surface area (Å²) in [5.41, 5.74) is 2.62. The summed E-state index contributed by atoms with van der Waals surface area (Å²) in [5.74, 6) is 11.4. The van der Waals surface area contributed by atoms with E-state index in [1.807, 2.05) is 25.1 Å². The van der Waals surface area contributed by atoms with Crippen LogP contribution in [0.3, 0.4) is 0 Å². The third-order valence-electron chi connectivity index (χ3n) is 3.58. The van der Waals surface area contributed by atoms with Gasteiger partial charge in [-0.15, -0.1) is 0 Å². The second kappa shape index (κ2) is 12.2. The molecule has 0 N–H and O–H groups in total. The molecular formula is C25H27ClF2. The fourth-order valence-electron chi connectivity index (χ4n) is 1.96. The van der Waals surface area contributed by atoms with Gasteiger partial charge in [0.1, 0.15) is 0 Å². The number of benzene rings is 2. The minimum atomic E-state index is -0.846. The van der Waals surface area contributed by atoms with Crippen LogP contribution < -0.4 is 0 Å². The second-order valence-corrected chi connectivity index (χ2v) is 7.80. The molecule has 28 heavy (non-hydrogen) atoms. The molecule has 148 valence electrons. The lowest BCUT2D eigenvalue weighted by Gasteiger charge is -1.97. The average Bonchev–Trinajstić information content (AvgIpc) is 2.61. The van der Waals surface area contributed by atoms with E-state index in [1.54, 1.807) is 0 Å². The van der Waals surface area contributed by atoms with Crippen LogP contribution in [0.1, 0.15) is 57.2 Å². The number of hydrogen-bond acceptors (Lipinski definition) is 0. The molecule has 0 saturated heterocycles. The average molecular weight is 401 g/mol. The number of halogens is 3. The lowest BCUT2D eigenvalue weighted by molar-refractivity contribution is 0.508. The Hall–Kier alpha value is -2.29. The zero-order valence-electron chi connectivity index (χ0n) is 17.2. The fourth-order valence-corrected chi connectivity index (χ4v) is 2.14. The predicted molar refractivity (Wildman–Crippen MR) is 115 cm³/mol. The van der Waals surface area contributed by atoms with Crippen LogP contribution in [0.5, 0.6) is 0 Å². The van der Waals surface area contributed by atoms with Crippen LogP contribution in [0.4, 0.5) is 8.78 Å². The van der Waals surface area contributed by atoms with E-state index in [1.165, 1.54) is 6.07 Å². The SMILES string of the molecule is CC(C)CC#Cc1ccc(F)c(F)c1.Cc1ccc(C#CCC(C)C)cc1Cl. The number of rotatable bonds is 2. The Bertz CT molecular complexity index is 815. The van der Waals surface area contributed by atoms with Crippen molar-refractivity contribution in [1.82, 2.24) is 0 Å². The molecule has 0 atom stereocenters. The summed E-state index contributed by atoms with van der Waals surface area (Å²) in [7, 11) is 0. The molecule has 0 heterocycles. The summed E-state index contributed by atoms with van der Waals surface area (Å²) in [6, 6.07) is 9.61. The Morgan fingerprint density at radius 3 is 1.75 bits per heavy atom. The molecule has 2 rings (SSSR count). The van der Waals surface area contributed by atoms with Crippen molar-refractivity contribution >= 4 is 11.6 Å². The molecule has 0 fully saturated rings. The van der Waals surface area contributed by atoms with Gasteiger partial charge < -0.3 is 0 Å². The zero-order valence-corrected chi connectivity index (χ0v) is 17.9. The second-order valence-electron chi connectivity index (χ2n) is 7.39. The van der Waals surface area contributed by atoms with Crippen molar-refractivity contribution in [3.63, 3.8) is 0 Å². The largest absolute Gasteiger partial charge is 0.204 e. The monoisotopic (exact) mass is 400 g/mol. The van der Waals surface area contributed by atoms with E-state index in [0.29, 0.717) is 17.4 Å². The first-order chi connectivity index (χ1) is 13.2. The van der Waals surface area contributed by atoms with Gasteiger partial charge in [-0.1, -0.05) is 69.0 Å². The predicted octanol–water partition coefficient (Wildman–Crippen LogP) is 7.41. The first kappa shape index (κ1) is 23.7. The van der Waals surface area contributed by atoms with Gasteiger partial charge >= 0.3 is 0 Å². The third-order valence-corrected chi connectivity index (χ3v) is 3.98. The maximum atomic E-state index is 12.7. The summed E-state index contributed by atoms with van der Waals surface area (Å²) in [6.07, 6.45) is 1.70. The lowest BCUT2D eigenvalue weighted by atomic mass is 10.1. The van der Waals surface area contributed by atoms with Gasteiger partial charge in [-0.3, -0.25) is 0 Å². The Morgan fingerprint density at radius 2 is 1.29 bits per heavy atom. The smallest absolute Gasteiger partial charge is 0.160 e. The normalized spacial score (nSPS) is 9.79. The Kier molecular flexibility index (Phi) is 10.4. The van der Waals surface area contributed by atoms with Gasteiger partial charge in [0.2, 0.25) is 0 Å². The van der Waals surface area contributed by atoms with Gasteiger partial charge in [0.05, 0.1) is 0 Å². The van der Waals surface area contributed by atoms with Crippen LogP contribution in [0, 0.1) is 54.1 Å². The summed E-state index contributed by atoms with van der Waals surface area (Å²) in [4.78, 5) is 0. The molecule has 0 aliphatic rings. The summed E-state index contributed by atoms with van der Waals surface area (Å²) >= 11 is 5.99. The molecular weight excluding hydrogens is 374 g/mol. The van der Waals surface area contributed by atoms with Crippen molar-refractivity contribution in [2.75, 3.05) is 0 Å². The van der Waals surface area contributed by atoms with Crippen molar-refractivity contribution in [2.24, 2.45) is 11.8 Å². The van der Waals surface area contributed by atoms with Gasteiger partial charge in [0.15, 0.2) is 11.6 Å². The van der Waals surface area contributed by atoms with Crippen LogP contribution in [0.25, 0.3) is 0 Å². The minimum absolute atomic E-state index is 0.493. The zero-order chi connectivity index (χ0) is 21.1. The quantitative estimate of drug-likeness (QED) is 0.460. The van der Waals surface area contributed by atoms with E-state index < -0.39 is 11.6 Å². The highest BCUT2D eigenvalue weighted by Gasteiger charge is 1.99. The van der Waals surface area contributed by atoms with Crippen LogP contribution in [-0.4, -0.2) is 0 Å². The van der Waals surface area contributed by atoms with Crippen molar-refractivity contribution < 1.29 is 8.78 Å². The summed E-state index contributed by atoms with van der Waals surface area (Å²) < 4.78 is 25.2. The van der Waals surface area contributed by atoms with Gasteiger partial charge in [0, 0.05) is 29.0 Å². The molecule has 0 bridgehead atoms. The molecule has 0 radical (unpaired) electrons. The van der Waals surface area contributed by atoms with E-state index in [0.717, 1.165) is 41.1 Å². The van der Waals surface area contributed by atoms with E-state index >= 15 is 0 Å². The summed E-state index contributed by atoms with van der Waals surface area (Å²) in [6.45, 7) is 10.4. The topological polar surface area (TPSA) is 0 Å². The van der Waals surface area contributed by atoms with Crippen LogP contribution in [0.15, 0.2) is 36.4 Å². The maximum Gasteiger partial charge on any atom is 0.160 e. The van der Waals surface area contributed by atoms with Gasteiger partial charge in [-0.05, 0) is 54.7 Å². The van der Waals surface area contributed by atoms with E-state index in [4.69, 9.17) is 11.6 Å². The Balaban J connectivity index is 0.000000280. The van der Waals surface area contributed by atoms with E-state index in [9.17, 15) is 8.78 Å². The first-order valence-electron chi connectivity index (χ1n) is 9.38. The van der Waals surface area contributed by atoms with E-state index in [-0.39, 0.29) is 0 Å². The van der Waals surface area contributed by atoms with Crippen LogP contribution >= 0.6 is 11.6 Å². The molecule has 0 nitrogen and oxygen atoms in total.